The van der Waals surface area contributed by atoms with Gasteiger partial charge in [0.1, 0.15) is 15.6 Å². The van der Waals surface area contributed by atoms with Crippen molar-refractivity contribution in [1.29, 1.82) is 0 Å². The van der Waals surface area contributed by atoms with Crippen molar-refractivity contribution in [2.24, 2.45) is 0 Å². The third-order valence-corrected chi connectivity index (χ3v) is 5.25. The normalized spacial score (nSPS) is 11.4. The number of furan rings is 1. The highest BCUT2D eigenvalue weighted by Crippen LogP contribution is 2.40. The van der Waals surface area contributed by atoms with Crippen LogP contribution in [-0.2, 0) is 0 Å². The van der Waals surface area contributed by atoms with E-state index in [4.69, 9.17) is 36.8 Å². The molecule has 0 fully saturated rings. The van der Waals surface area contributed by atoms with Crippen LogP contribution in [0.1, 0.15) is 0 Å². The molecule has 9 heteroatoms. The Morgan fingerprint density at radius 1 is 1.12 bits per heavy atom. The molecule has 0 atom stereocenters. The number of para-hydroxylation sites is 1. The summed E-state index contributed by atoms with van der Waals surface area (Å²) in [6.45, 7) is 0. The number of fused-ring (bicyclic) bond motifs is 2. The van der Waals surface area contributed by atoms with Crippen molar-refractivity contribution >= 4 is 61.1 Å². The maximum atomic E-state index is 13.2. The second-order valence-electron chi connectivity index (χ2n) is 5.29. The lowest BCUT2D eigenvalue weighted by molar-refractivity contribution is 0.421. The minimum Gasteiger partial charge on any atom is -0.495 e. The van der Waals surface area contributed by atoms with Crippen molar-refractivity contribution in [3.63, 3.8) is 0 Å². The number of ether oxygens (including phenoxy) is 1. The fourth-order valence-corrected chi connectivity index (χ4v) is 3.99. The van der Waals surface area contributed by atoms with E-state index in [-0.39, 0.29) is 32.5 Å². The van der Waals surface area contributed by atoms with E-state index < -0.39 is 11.3 Å². The molecule has 0 unspecified atom stereocenters. The Balaban J connectivity index is 2.28. The van der Waals surface area contributed by atoms with Gasteiger partial charge in [-0.25, -0.2) is 9.36 Å². The van der Waals surface area contributed by atoms with E-state index >= 15 is 0 Å². The quantitative estimate of drug-likeness (QED) is 0.434. The van der Waals surface area contributed by atoms with Gasteiger partial charge in [-0.2, -0.15) is 0 Å². The van der Waals surface area contributed by atoms with E-state index in [1.807, 2.05) is 0 Å². The Morgan fingerprint density at radius 2 is 1.81 bits per heavy atom. The van der Waals surface area contributed by atoms with Crippen LogP contribution in [0.15, 0.2) is 53.4 Å². The van der Waals surface area contributed by atoms with Gasteiger partial charge in [-0.05, 0) is 34.1 Å². The molecule has 0 saturated heterocycles. The average molecular weight is 457 g/mol. The Hall–Kier alpha value is -2.22. The van der Waals surface area contributed by atoms with E-state index in [9.17, 15) is 9.59 Å². The number of methoxy groups -OCH3 is 1. The molecule has 2 aromatic carbocycles. The standard InChI is InChI=1S/C17H8BrCl2NO5/c1-24-13-7-5-6-25-14(7)11(18)15-10(13)16(22)21(17(23)26-15)12-8(19)3-2-4-9(12)20/h2-6H,1H3. The highest BCUT2D eigenvalue weighted by atomic mass is 79.9. The minimum atomic E-state index is -0.939. The second-order valence-corrected chi connectivity index (χ2v) is 6.90. The summed E-state index contributed by atoms with van der Waals surface area (Å²) in [5.41, 5.74) is -0.224. The fourth-order valence-electron chi connectivity index (χ4n) is 2.83. The van der Waals surface area contributed by atoms with Crippen molar-refractivity contribution < 1.29 is 13.6 Å². The van der Waals surface area contributed by atoms with E-state index in [2.05, 4.69) is 15.9 Å². The minimum absolute atomic E-state index is 0.0127. The molecule has 4 rings (SSSR count). The van der Waals surface area contributed by atoms with Gasteiger partial charge in [0, 0.05) is 0 Å². The lowest BCUT2D eigenvalue weighted by atomic mass is 10.1. The van der Waals surface area contributed by atoms with Crippen molar-refractivity contribution in [1.82, 2.24) is 4.57 Å². The summed E-state index contributed by atoms with van der Waals surface area (Å²) in [6.07, 6.45) is 1.44. The van der Waals surface area contributed by atoms with Crippen molar-refractivity contribution in [2.75, 3.05) is 7.11 Å². The Bertz CT molecular complexity index is 1280. The van der Waals surface area contributed by atoms with Gasteiger partial charge >= 0.3 is 5.76 Å². The third-order valence-electron chi connectivity index (χ3n) is 3.92. The molecule has 0 bridgehead atoms. The Labute approximate surface area is 163 Å². The molecule has 0 N–H and O–H groups in total. The SMILES string of the molecule is COc1c2ccoc2c(Br)c2oc(=O)n(-c3c(Cl)cccc3Cl)c(=O)c12. The Morgan fingerprint density at radius 3 is 2.46 bits per heavy atom. The molecule has 0 spiro atoms. The molecule has 0 radical (unpaired) electrons. The van der Waals surface area contributed by atoms with Crippen LogP contribution in [-0.4, -0.2) is 11.7 Å². The monoisotopic (exact) mass is 455 g/mol. The summed E-state index contributed by atoms with van der Waals surface area (Å²) in [5, 5.41) is 0.876. The van der Waals surface area contributed by atoms with Crippen molar-refractivity contribution in [3.05, 3.63) is 66.0 Å². The molecule has 132 valence electrons. The van der Waals surface area contributed by atoms with Crippen molar-refractivity contribution in [2.45, 2.75) is 0 Å². The van der Waals surface area contributed by atoms with Gasteiger partial charge < -0.3 is 13.6 Å². The summed E-state index contributed by atoms with van der Waals surface area (Å²) in [4.78, 5) is 25.8. The second kappa shape index (κ2) is 6.19. The number of nitrogens with zero attached hydrogens (tertiary/aromatic N) is 1. The first-order valence-electron chi connectivity index (χ1n) is 7.22. The summed E-state index contributed by atoms with van der Waals surface area (Å²) >= 11 is 15.6. The zero-order chi connectivity index (χ0) is 18.6. The largest absolute Gasteiger partial charge is 0.495 e. The van der Waals surface area contributed by atoms with Crippen LogP contribution < -0.4 is 16.1 Å². The zero-order valence-corrected chi connectivity index (χ0v) is 16.1. The van der Waals surface area contributed by atoms with E-state index in [1.54, 1.807) is 12.1 Å². The number of aromatic nitrogens is 1. The lowest BCUT2D eigenvalue weighted by Crippen LogP contribution is -2.31. The van der Waals surface area contributed by atoms with Gasteiger partial charge in [0.15, 0.2) is 11.2 Å². The van der Waals surface area contributed by atoms with Gasteiger partial charge in [-0.3, -0.25) is 4.79 Å². The molecule has 0 aliphatic carbocycles. The molecule has 26 heavy (non-hydrogen) atoms. The summed E-state index contributed by atoms with van der Waals surface area (Å²) in [7, 11) is 1.41. The molecule has 0 aliphatic rings. The van der Waals surface area contributed by atoms with Gasteiger partial charge in [0.2, 0.25) is 0 Å². The predicted octanol–water partition coefficient (Wildman–Crippen LogP) is 4.77. The van der Waals surface area contributed by atoms with Crippen molar-refractivity contribution in [3.8, 4) is 11.4 Å². The summed E-state index contributed by atoms with van der Waals surface area (Å²) in [5.74, 6) is -0.719. The average Bonchev–Trinajstić information content (AvgIpc) is 3.08. The van der Waals surface area contributed by atoms with E-state index in [0.717, 1.165) is 4.57 Å². The Kier molecular flexibility index (Phi) is 4.10. The van der Waals surface area contributed by atoms with Crippen LogP contribution in [0.3, 0.4) is 0 Å². The number of rotatable bonds is 2. The smallest absolute Gasteiger partial charge is 0.427 e. The molecular formula is C17H8BrCl2NO5. The van der Waals surface area contributed by atoms with Crippen LogP contribution in [0.4, 0.5) is 0 Å². The summed E-state index contributed by atoms with van der Waals surface area (Å²) < 4.78 is 17.3. The molecule has 0 saturated carbocycles. The zero-order valence-electron chi connectivity index (χ0n) is 13.0. The van der Waals surface area contributed by atoms with Gasteiger partial charge in [-0.15, -0.1) is 0 Å². The van der Waals surface area contributed by atoms with Crippen LogP contribution in [0.25, 0.3) is 27.6 Å². The van der Waals surface area contributed by atoms with E-state index in [0.29, 0.717) is 15.4 Å². The number of hydrogen-bond acceptors (Lipinski definition) is 5. The molecule has 0 amide bonds. The maximum Gasteiger partial charge on any atom is 0.427 e. The number of halogens is 3. The lowest BCUT2D eigenvalue weighted by Gasteiger charge is -2.12. The maximum absolute atomic E-state index is 13.2. The predicted molar refractivity (Wildman–Crippen MR) is 102 cm³/mol. The number of hydrogen-bond donors (Lipinski definition) is 0. The van der Waals surface area contributed by atoms with Gasteiger partial charge in [-0.1, -0.05) is 29.3 Å². The fraction of sp³-hybridized carbons (Fsp3) is 0.0588. The number of benzene rings is 2. The molecule has 2 aromatic heterocycles. The molecular weight excluding hydrogens is 449 g/mol. The topological polar surface area (TPSA) is 74.6 Å². The van der Waals surface area contributed by atoms with Gasteiger partial charge in [0.05, 0.1) is 34.5 Å². The molecule has 4 aromatic rings. The molecule has 6 nitrogen and oxygen atoms in total. The summed E-state index contributed by atoms with van der Waals surface area (Å²) in [6, 6.07) is 6.29. The molecule has 0 aliphatic heterocycles. The first-order valence-corrected chi connectivity index (χ1v) is 8.77. The van der Waals surface area contributed by atoms with Crippen LogP contribution in [0, 0.1) is 0 Å². The first kappa shape index (κ1) is 17.2. The highest BCUT2D eigenvalue weighted by Gasteiger charge is 2.24. The van der Waals surface area contributed by atoms with Crippen LogP contribution >= 0.6 is 39.1 Å². The van der Waals surface area contributed by atoms with Crippen LogP contribution in [0.5, 0.6) is 5.75 Å². The first-order chi connectivity index (χ1) is 12.5. The highest BCUT2D eigenvalue weighted by molar-refractivity contribution is 9.10. The molecule has 2 heterocycles. The van der Waals surface area contributed by atoms with Gasteiger partial charge in [0.25, 0.3) is 5.56 Å². The third kappa shape index (κ3) is 2.31. The van der Waals surface area contributed by atoms with Crippen LogP contribution in [0.2, 0.25) is 10.0 Å². The van der Waals surface area contributed by atoms with E-state index in [1.165, 1.54) is 25.5 Å².